The zero-order valence-corrected chi connectivity index (χ0v) is 12.8. The number of nitrogen functional groups attached to an aromatic ring is 1. The van der Waals surface area contributed by atoms with Crippen LogP contribution in [-0.2, 0) is 0 Å². The minimum absolute atomic E-state index is 0.153. The second-order valence-electron chi connectivity index (χ2n) is 6.02. The average Bonchev–Trinajstić information content (AvgIpc) is 3.20. The third kappa shape index (κ3) is 2.55. The largest absolute Gasteiger partial charge is 0.390 e. The van der Waals surface area contributed by atoms with Gasteiger partial charge in [-0.3, -0.25) is 5.10 Å². The molecule has 4 rings (SSSR count). The molecular weight excluding hydrogens is 308 g/mol. The van der Waals surface area contributed by atoms with Gasteiger partial charge in [-0.15, -0.1) is 0 Å². The second-order valence-corrected chi connectivity index (χ2v) is 6.02. The highest BCUT2D eigenvalue weighted by Crippen LogP contribution is 2.29. The average molecular weight is 326 g/mol. The number of H-pyrrole nitrogens is 1. The Kier molecular flexibility index (Phi) is 3.55. The first kappa shape index (κ1) is 14.9. The summed E-state index contributed by atoms with van der Waals surface area (Å²) >= 11 is 0. The molecule has 0 amide bonds. The summed E-state index contributed by atoms with van der Waals surface area (Å²) in [6.45, 7) is 0. The number of benzene rings is 1. The fourth-order valence-electron chi connectivity index (χ4n) is 3.13. The fraction of sp³-hybridized carbons (Fsp3) is 0.312. The first-order valence-electron chi connectivity index (χ1n) is 7.81. The molecule has 2 heterocycles. The maximum absolute atomic E-state index is 10.0. The number of nitrogens with one attached hydrogen (secondary N) is 2. The Morgan fingerprint density at radius 2 is 2.04 bits per heavy atom. The van der Waals surface area contributed by atoms with Gasteiger partial charge in [0.1, 0.15) is 5.82 Å². The van der Waals surface area contributed by atoms with Crippen LogP contribution in [0.4, 0.5) is 11.8 Å². The molecule has 24 heavy (non-hydrogen) atoms. The Morgan fingerprint density at radius 1 is 1.17 bits per heavy atom. The van der Waals surface area contributed by atoms with Gasteiger partial charge in [-0.2, -0.15) is 10.1 Å². The number of aliphatic hydroxyl groups is 2. The third-order valence-electron chi connectivity index (χ3n) is 4.43. The van der Waals surface area contributed by atoms with E-state index in [2.05, 4.69) is 25.5 Å². The molecule has 1 aliphatic carbocycles. The molecule has 3 aromatic rings. The second kappa shape index (κ2) is 5.73. The zero-order valence-electron chi connectivity index (χ0n) is 12.8. The molecule has 6 N–H and O–H groups in total. The van der Waals surface area contributed by atoms with Crippen LogP contribution in [0.1, 0.15) is 12.8 Å². The monoisotopic (exact) mass is 326 g/mol. The van der Waals surface area contributed by atoms with E-state index in [1.807, 2.05) is 24.3 Å². The molecule has 124 valence electrons. The van der Waals surface area contributed by atoms with Crippen LogP contribution in [0.3, 0.4) is 0 Å². The smallest absolute Gasteiger partial charge is 0.222 e. The number of anilines is 2. The lowest BCUT2D eigenvalue weighted by molar-refractivity contribution is 0.0392. The Balaban J connectivity index is 1.73. The van der Waals surface area contributed by atoms with Crippen molar-refractivity contribution >= 4 is 22.7 Å². The molecule has 0 saturated heterocycles. The van der Waals surface area contributed by atoms with Crippen LogP contribution in [0, 0.1) is 0 Å². The van der Waals surface area contributed by atoms with Crippen molar-refractivity contribution < 1.29 is 10.2 Å². The van der Waals surface area contributed by atoms with Crippen molar-refractivity contribution in [2.45, 2.75) is 31.1 Å². The molecule has 3 atom stereocenters. The highest BCUT2D eigenvalue weighted by molar-refractivity contribution is 5.92. The first-order chi connectivity index (χ1) is 11.6. The summed E-state index contributed by atoms with van der Waals surface area (Å²) in [6.07, 6.45) is 1.38. The van der Waals surface area contributed by atoms with Gasteiger partial charge in [0.2, 0.25) is 5.95 Å². The maximum Gasteiger partial charge on any atom is 0.222 e. The third-order valence-corrected chi connectivity index (χ3v) is 4.43. The minimum Gasteiger partial charge on any atom is -0.390 e. The predicted octanol–water partition coefficient (Wildman–Crippen LogP) is 0.898. The Morgan fingerprint density at radius 3 is 2.75 bits per heavy atom. The Hall–Kier alpha value is -2.71. The summed E-state index contributed by atoms with van der Waals surface area (Å²) in [5.74, 6) is 0.714. The molecule has 8 nitrogen and oxygen atoms in total. The van der Waals surface area contributed by atoms with Crippen LogP contribution >= 0.6 is 0 Å². The molecule has 1 saturated carbocycles. The topological polar surface area (TPSA) is 133 Å². The van der Waals surface area contributed by atoms with Gasteiger partial charge in [-0.05, 0) is 31.0 Å². The molecule has 0 bridgehead atoms. The number of aromatic amines is 1. The van der Waals surface area contributed by atoms with Gasteiger partial charge in [0.05, 0.1) is 29.5 Å². The van der Waals surface area contributed by atoms with Gasteiger partial charge in [-0.25, -0.2) is 4.98 Å². The van der Waals surface area contributed by atoms with Crippen molar-refractivity contribution in [1.29, 1.82) is 0 Å². The molecule has 0 aliphatic heterocycles. The lowest BCUT2D eigenvalue weighted by Crippen LogP contribution is -2.34. The van der Waals surface area contributed by atoms with E-state index in [0.717, 1.165) is 16.6 Å². The van der Waals surface area contributed by atoms with E-state index in [1.54, 1.807) is 6.20 Å². The van der Waals surface area contributed by atoms with Gasteiger partial charge in [0.15, 0.2) is 0 Å². The summed E-state index contributed by atoms with van der Waals surface area (Å²) in [4.78, 5) is 8.56. The number of rotatable bonds is 3. The van der Waals surface area contributed by atoms with Gasteiger partial charge < -0.3 is 21.3 Å². The standard InChI is InChI=1S/C16H18N6O2/c17-16-20-12-7-8(10-5-6-18-22-10)1-2-9(12)15(21-16)19-11-3-4-13(23)14(11)24/h1-2,5-7,11,13-14,23-24H,3-4H2,(H,18,22)(H3,17,19,20,21)/t11-,13-,14-/m1/s1. The fourth-order valence-corrected chi connectivity index (χ4v) is 3.13. The van der Waals surface area contributed by atoms with Gasteiger partial charge in [0, 0.05) is 17.1 Å². The zero-order chi connectivity index (χ0) is 16.7. The molecule has 0 unspecified atom stereocenters. The van der Waals surface area contributed by atoms with Crippen LogP contribution < -0.4 is 11.1 Å². The lowest BCUT2D eigenvalue weighted by atomic mass is 10.1. The molecular formula is C16H18N6O2. The number of nitrogens with two attached hydrogens (primary N) is 1. The Bertz CT molecular complexity index is 866. The lowest BCUT2D eigenvalue weighted by Gasteiger charge is -2.19. The minimum atomic E-state index is -0.819. The van der Waals surface area contributed by atoms with Gasteiger partial charge in [0.25, 0.3) is 0 Å². The van der Waals surface area contributed by atoms with E-state index < -0.39 is 12.2 Å². The molecule has 1 aromatic carbocycles. The van der Waals surface area contributed by atoms with E-state index in [-0.39, 0.29) is 12.0 Å². The van der Waals surface area contributed by atoms with E-state index in [1.165, 1.54) is 0 Å². The van der Waals surface area contributed by atoms with Crippen LogP contribution in [0.2, 0.25) is 0 Å². The van der Waals surface area contributed by atoms with E-state index >= 15 is 0 Å². The van der Waals surface area contributed by atoms with E-state index in [0.29, 0.717) is 24.2 Å². The van der Waals surface area contributed by atoms with Crippen molar-refractivity contribution in [3.8, 4) is 11.3 Å². The highest BCUT2D eigenvalue weighted by atomic mass is 16.3. The highest BCUT2D eigenvalue weighted by Gasteiger charge is 2.33. The van der Waals surface area contributed by atoms with E-state index in [9.17, 15) is 10.2 Å². The van der Waals surface area contributed by atoms with Crippen molar-refractivity contribution in [3.63, 3.8) is 0 Å². The van der Waals surface area contributed by atoms with Crippen molar-refractivity contribution in [2.24, 2.45) is 0 Å². The molecule has 2 aromatic heterocycles. The van der Waals surface area contributed by atoms with Crippen molar-refractivity contribution in [2.75, 3.05) is 11.1 Å². The summed E-state index contributed by atoms with van der Waals surface area (Å²) in [6, 6.07) is 7.38. The maximum atomic E-state index is 10.0. The van der Waals surface area contributed by atoms with Crippen LogP contribution in [0.25, 0.3) is 22.2 Å². The molecule has 0 spiro atoms. The van der Waals surface area contributed by atoms with E-state index in [4.69, 9.17) is 5.73 Å². The molecule has 8 heteroatoms. The number of hydrogen-bond acceptors (Lipinski definition) is 7. The van der Waals surface area contributed by atoms with Crippen molar-refractivity contribution in [3.05, 3.63) is 30.5 Å². The SMILES string of the molecule is Nc1nc(N[C@@H]2CC[C@@H](O)[C@@H]2O)c2ccc(-c3ccn[nH]3)cc2n1. The first-order valence-corrected chi connectivity index (χ1v) is 7.81. The number of fused-ring (bicyclic) bond motifs is 1. The number of hydrogen-bond donors (Lipinski definition) is 5. The normalized spacial score (nSPS) is 23.7. The summed E-state index contributed by atoms with van der Waals surface area (Å²) in [5.41, 5.74) is 8.37. The van der Waals surface area contributed by atoms with Crippen LogP contribution in [0.15, 0.2) is 30.5 Å². The van der Waals surface area contributed by atoms with Crippen LogP contribution in [0.5, 0.6) is 0 Å². The van der Waals surface area contributed by atoms with Crippen LogP contribution in [-0.4, -0.2) is 48.6 Å². The molecule has 0 radical (unpaired) electrons. The van der Waals surface area contributed by atoms with Gasteiger partial charge in [-0.1, -0.05) is 6.07 Å². The summed E-state index contributed by atoms with van der Waals surface area (Å²) in [7, 11) is 0. The number of aromatic nitrogens is 4. The van der Waals surface area contributed by atoms with Crippen molar-refractivity contribution in [1.82, 2.24) is 20.2 Å². The quantitative estimate of drug-likeness (QED) is 0.483. The molecule has 1 fully saturated rings. The predicted molar refractivity (Wildman–Crippen MR) is 90.2 cm³/mol. The number of aliphatic hydroxyl groups excluding tert-OH is 2. The number of nitrogens with zero attached hydrogens (tertiary/aromatic N) is 3. The Labute approximate surface area is 137 Å². The summed E-state index contributed by atoms with van der Waals surface area (Å²) < 4.78 is 0. The van der Waals surface area contributed by atoms with Gasteiger partial charge >= 0.3 is 0 Å². The molecule has 1 aliphatic rings. The summed E-state index contributed by atoms with van der Waals surface area (Å²) in [5, 5.41) is 30.6.